The van der Waals surface area contributed by atoms with E-state index >= 15 is 0 Å². The van der Waals surface area contributed by atoms with Gasteiger partial charge in [-0.2, -0.15) is 56.9 Å². The summed E-state index contributed by atoms with van der Waals surface area (Å²) in [6.45, 7) is 0. The van der Waals surface area contributed by atoms with Crippen LogP contribution in [0.5, 0.6) is 0 Å². The van der Waals surface area contributed by atoms with Crippen molar-refractivity contribution >= 4 is 0 Å². The minimum Gasteiger partial charge on any atom is -2.00 e. The second-order valence-corrected chi connectivity index (χ2v) is 0. The van der Waals surface area contributed by atoms with Crippen molar-refractivity contribution in [1.29, 1.82) is 0 Å². The summed E-state index contributed by atoms with van der Waals surface area (Å²) >= 11 is 0. The molecular weight excluding hydrogens is 910 g/mol. The monoisotopic (exact) mass is 936 g/mol. The van der Waals surface area contributed by atoms with Gasteiger partial charge in [0.05, 0.1) is 0 Å². The molecule has 16 nitrogen and oxygen atoms in total. The molecule has 0 saturated heterocycles. The Bertz CT molecular complexity index is 42.6. The minimum absolute atomic E-state index is 0. The molecule has 0 aromatic carbocycles. The third-order valence-corrected chi connectivity index (χ3v) is 0. The van der Waals surface area contributed by atoms with Gasteiger partial charge in [0.25, 0.3) is 0 Å². The third-order valence-electron chi connectivity index (χ3n) is 0. The first kappa shape index (κ1) is 248. The summed E-state index contributed by atoms with van der Waals surface area (Å²) in [5.74, 6) is 0. The Morgan fingerprint density at radius 2 is 0.214 bits per heavy atom. The van der Waals surface area contributed by atoms with Crippen molar-refractivity contribution < 1.29 is 170 Å². The van der Waals surface area contributed by atoms with Crippen LogP contribution < -0.4 is 40.9 Å². The molecule has 0 spiro atoms. The predicted molar refractivity (Wildman–Crippen MR) is 52.9 cm³/mol. The van der Waals surface area contributed by atoms with Gasteiger partial charge in [0.1, 0.15) is 0 Å². The molecule has 0 fully saturated rings. The van der Waals surface area contributed by atoms with Crippen LogP contribution in [0.4, 0.5) is 0 Å². The van der Waals surface area contributed by atoms with Crippen molar-refractivity contribution in [3.8, 4) is 0 Å². The smallest absolute Gasteiger partial charge is 2.00 e. The summed E-state index contributed by atoms with van der Waals surface area (Å²) in [5, 5.41) is 66.0. The molecule has 0 bridgehead atoms. The van der Waals surface area contributed by atoms with Gasteiger partial charge in [-0.05, 0) is 0 Å². The van der Waals surface area contributed by atoms with Gasteiger partial charge in [-0.25, -0.2) is 0 Å². The van der Waals surface area contributed by atoms with E-state index in [4.69, 9.17) is 40.9 Å². The van der Waals surface area contributed by atoms with Crippen LogP contribution in [0.25, 0.3) is 0 Å². The maximum Gasteiger partial charge on any atom is 5.00 e. The molecule has 190 valence electrons. The van der Waals surface area contributed by atoms with Crippen LogP contribution >= 0.6 is 0 Å². The first-order chi connectivity index (χ1) is 8.00. The first-order valence-corrected chi connectivity index (χ1v) is 3.27. The van der Waals surface area contributed by atoms with Crippen LogP contribution in [-0.4, -0.2) is 56.9 Å². The molecule has 2 radical (unpaired) electrons. The van der Waals surface area contributed by atoms with Crippen molar-refractivity contribution in [3.63, 3.8) is 0 Å². The second kappa shape index (κ2) is 4940. The van der Waals surface area contributed by atoms with E-state index in [1.807, 2.05) is 0 Å². The van der Waals surface area contributed by atoms with Crippen molar-refractivity contribution in [2.45, 2.75) is 0 Å². The summed E-state index contributed by atoms with van der Waals surface area (Å²) in [5.41, 5.74) is 0. The normalized spacial score (nSPS) is 1.71. The van der Waals surface area contributed by atoms with Gasteiger partial charge >= 0.3 is 44.8 Å². The Labute approximate surface area is 225 Å². The van der Waals surface area contributed by atoms with E-state index in [1.54, 1.807) is 0 Å². The van der Waals surface area contributed by atoms with E-state index in [0.29, 0.717) is 0 Å². The van der Waals surface area contributed by atoms with Crippen LogP contribution in [0.3, 0.4) is 0 Å². The summed E-state index contributed by atoms with van der Waals surface area (Å²) in [7, 11) is 6.00. The van der Waals surface area contributed by atoms with Crippen molar-refractivity contribution in [2.75, 3.05) is 56.9 Å². The van der Waals surface area contributed by atoms with Crippen LogP contribution in [0.2, 0.25) is 0 Å². The average molecular weight is 934 g/mol. The molecule has 0 saturated carbocycles. The first-order valence-electron chi connectivity index (χ1n) is 3.27. The van der Waals surface area contributed by atoms with Gasteiger partial charge in [0, 0.05) is 40.8 Å². The van der Waals surface area contributed by atoms with E-state index in [1.165, 1.54) is 0 Å². The summed E-state index contributed by atoms with van der Waals surface area (Å²) < 4.78 is 0. The standard InChI is InChI=1S/8CH3O.2Nb.8O.2Re/c8*1-2;;;;;;;;;;;;/h8*1H3;;;;;;;;;;;;/q8*-1;2*+5;8*-2;;. The van der Waals surface area contributed by atoms with Crippen molar-refractivity contribution in [1.82, 2.24) is 0 Å². The quantitative estimate of drug-likeness (QED) is 0.209. The van der Waals surface area contributed by atoms with Gasteiger partial charge in [0.2, 0.25) is 0 Å². The zero-order valence-electron chi connectivity index (χ0n) is 16.2. The van der Waals surface area contributed by atoms with Gasteiger partial charge in [0.15, 0.2) is 0 Å². The van der Waals surface area contributed by atoms with Crippen molar-refractivity contribution in [3.05, 3.63) is 0 Å². The molecule has 0 aliphatic rings. The van der Waals surface area contributed by atoms with Crippen LogP contribution in [-0.2, 0) is 129 Å². The Morgan fingerprint density at radius 1 is 0.214 bits per heavy atom. The summed E-state index contributed by atoms with van der Waals surface area (Å²) in [4.78, 5) is 0. The van der Waals surface area contributed by atoms with Crippen LogP contribution in [0.15, 0.2) is 0 Å². The van der Waals surface area contributed by atoms with E-state index in [9.17, 15) is 0 Å². The van der Waals surface area contributed by atoms with Gasteiger partial charge in [-0.15, -0.1) is 0 Å². The molecule has 0 heterocycles. The predicted octanol–water partition coefficient (Wildman–Crippen LogP) is -9.15. The molecule has 28 heavy (non-hydrogen) atoms. The molecular formula is C8H24Nb2O16Re2-14. The number of hydrogen-bond acceptors (Lipinski definition) is 8. The molecule has 0 aliphatic heterocycles. The molecule has 0 atom stereocenters. The Hall–Kier alpha value is 2.17. The largest absolute Gasteiger partial charge is 5.00 e. The third kappa shape index (κ3) is 4430. The Balaban J connectivity index is -0.00000000137. The number of hydrogen-bond donors (Lipinski definition) is 0. The molecule has 0 unspecified atom stereocenters. The molecule has 0 N–H and O–H groups in total. The zero-order chi connectivity index (χ0) is 16.0. The molecule has 0 aromatic rings. The summed E-state index contributed by atoms with van der Waals surface area (Å²) in [6.07, 6.45) is 0. The topological polar surface area (TPSA) is 412 Å². The fraction of sp³-hybridized carbons (Fsp3) is 1.00. The van der Waals surface area contributed by atoms with E-state index in [-0.39, 0.29) is 129 Å². The average Bonchev–Trinajstić information content (AvgIpc) is 2.54. The maximum atomic E-state index is 8.25. The maximum absolute atomic E-state index is 8.25. The second-order valence-electron chi connectivity index (χ2n) is 0. The summed E-state index contributed by atoms with van der Waals surface area (Å²) in [6, 6.07) is 0. The Kier molecular flexibility index (Phi) is 43800. The van der Waals surface area contributed by atoms with Crippen molar-refractivity contribution in [2.24, 2.45) is 0 Å². The van der Waals surface area contributed by atoms with E-state index in [0.717, 1.165) is 56.9 Å². The molecule has 0 aliphatic carbocycles. The van der Waals surface area contributed by atoms with E-state index in [2.05, 4.69) is 0 Å². The number of rotatable bonds is 0. The molecule has 0 amide bonds. The van der Waals surface area contributed by atoms with Crippen LogP contribution in [0.1, 0.15) is 0 Å². The van der Waals surface area contributed by atoms with Gasteiger partial charge < -0.3 is 84.7 Å². The fourth-order valence-corrected chi connectivity index (χ4v) is 0. The van der Waals surface area contributed by atoms with E-state index < -0.39 is 0 Å². The zero-order valence-corrected chi connectivity index (χ0v) is 26.0. The molecule has 0 rings (SSSR count). The van der Waals surface area contributed by atoms with Gasteiger partial charge in [-0.3, -0.25) is 0 Å². The fourth-order valence-electron chi connectivity index (χ4n) is 0. The molecule has 20 heteroatoms. The Morgan fingerprint density at radius 3 is 0.214 bits per heavy atom. The van der Waals surface area contributed by atoms with Gasteiger partial charge in [-0.1, -0.05) is 0 Å². The minimum atomic E-state index is 0. The molecule has 0 aromatic heterocycles. The van der Waals surface area contributed by atoms with Crippen LogP contribution in [0, 0.1) is 0 Å². The SMILES string of the molecule is C[O-].C[O-].C[O-].C[O-].C[O-].C[O-].C[O-].C[O-].[Nb+5].[Nb+5].[O-2].[O-2].[O-2].[O-2].[O-2].[O-2].[O-2].[O-2].[Re].[Re].